The molecule has 3 rings (SSSR count). The van der Waals surface area contributed by atoms with Crippen LogP contribution < -0.4 is 0 Å². The van der Waals surface area contributed by atoms with Gasteiger partial charge in [0.05, 0.1) is 0 Å². The second-order valence-electron chi connectivity index (χ2n) is 7.14. The Morgan fingerprint density at radius 2 is 1.60 bits per heavy atom. The summed E-state index contributed by atoms with van der Waals surface area (Å²) in [5.74, 6) is 0. The summed E-state index contributed by atoms with van der Waals surface area (Å²) in [5.41, 5.74) is 2.22. The summed E-state index contributed by atoms with van der Waals surface area (Å²) in [4.78, 5) is 2.73. The molecule has 1 aromatic rings. The summed E-state index contributed by atoms with van der Waals surface area (Å²) in [6.45, 7) is 5.06. The van der Waals surface area contributed by atoms with Crippen LogP contribution in [0.5, 0.6) is 0 Å². The van der Waals surface area contributed by atoms with E-state index in [0.717, 1.165) is 5.41 Å². The molecule has 2 fully saturated rings. The molecule has 110 valence electrons. The highest BCUT2D eigenvalue weighted by atomic mass is 15.2. The van der Waals surface area contributed by atoms with Crippen molar-refractivity contribution in [1.82, 2.24) is 4.90 Å². The fourth-order valence-corrected chi connectivity index (χ4v) is 4.33. The minimum atomic E-state index is 0.693. The smallest absolute Gasteiger partial charge is 0.0107 e. The predicted octanol–water partition coefficient (Wildman–Crippen LogP) is 4.66. The van der Waals surface area contributed by atoms with Crippen molar-refractivity contribution in [2.75, 3.05) is 13.1 Å². The molecule has 1 spiro atoms. The van der Waals surface area contributed by atoms with Crippen LogP contribution in [0.3, 0.4) is 0 Å². The van der Waals surface area contributed by atoms with Crippen LogP contribution >= 0.6 is 0 Å². The van der Waals surface area contributed by atoms with Crippen LogP contribution in [0.4, 0.5) is 0 Å². The summed E-state index contributed by atoms with van der Waals surface area (Å²) >= 11 is 0. The van der Waals surface area contributed by atoms with Crippen LogP contribution in [0.15, 0.2) is 30.3 Å². The molecule has 2 aliphatic rings. The van der Waals surface area contributed by atoms with Gasteiger partial charge in [0.25, 0.3) is 0 Å². The van der Waals surface area contributed by atoms with Crippen molar-refractivity contribution < 1.29 is 0 Å². The number of benzene rings is 1. The van der Waals surface area contributed by atoms with E-state index in [1.165, 1.54) is 70.0 Å². The number of hydrogen-bond donors (Lipinski definition) is 0. The van der Waals surface area contributed by atoms with Gasteiger partial charge >= 0.3 is 0 Å². The molecule has 0 radical (unpaired) electrons. The summed E-state index contributed by atoms with van der Waals surface area (Å²) in [7, 11) is 0. The maximum Gasteiger partial charge on any atom is 0.0107 e. The zero-order chi connectivity index (χ0) is 13.8. The Kier molecular flexibility index (Phi) is 4.45. The Balaban J connectivity index is 1.52. The van der Waals surface area contributed by atoms with Gasteiger partial charge in [-0.15, -0.1) is 0 Å². The second-order valence-corrected chi connectivity index (χ2v) is 7.14. The molecule has 1 saturated carbocycles. The minimum absolute atomic E-state index is 0.693. The first-order valence-electron chi connectivity index (χ1n) is 8.55. The molecule has 1 heteroatoms. The zero-order valence-electron chi connectivity index (χ0n) is 13.0. The van der Waals surface area contributed by atoms with E-state index in [4.69, 9.17) is 0 Å². The lowest BCUT2D eigenvalue weighted by Crippen LogP contribution is -2.45. The standard InChI is InChI=1S/C19H29N/c1-17(16-18-8-4-2-5-9-18)20-14-12-19(13-15-20)10-6-3-7-11-19/h2,4-5,8-9,17H,3,6-7,10-16H2,1H3/t17-/m1/s1. The average molecular weight is 271 g/mol. The third-order valence-corrected chi connectivity index (χ3v) is 5.77. The highest BCUT2D eigenvalue weighted by Gasteiger charge is 2.36. The fraction of sp³-hybridized carbons (Fsp3) is 0.684. The van der Waals surface area contributed by atoms with Crippen LogP contribution in [0.25, 0.3) is 0 Å². The summed E-state index contributed by atoms with van der Waals surface area (Å²) in [6.07, 6.45) is 11.6. The van der Waals surface area contributed by atoms with Crippen LogP contribution in [-0.4, -0.2) is 24.0 Å². The summed E-state index contributed by atoms with van der Waals surface area (Å²) < 4.78 is 0. The van der Waals surface area contributed by atoms with E-state index in [2.05, 4.69) is 42.2 Å². The van der Waals surface area contributed by atoms with E-state index in [0.29, 0.717) is 6.04 Å². The number of nitrogens with zero attached hydrogens (tertiary/aromatic N) is 1. The topological polar surface area (TPSA) is 3.24 Å². The zero-order valence-corrected chi connectivity index (χ0v) is 13.0. The van der Waals surface area contributed by atoms with Gasteiger partial charge in [-0.05, 0) is 63.1 Å². The Labute approximate surface area is 124 Å². The normalized spacial score (nSPS) is 24.6. The van der Waals surface area contributed by atoms with Crippen LogP contribution in [0.1, 0.15) is 57.4 Å². The molecule has 1 saturated heterocycles. The highest BCUT2D eigenvalue weighted by molar-refractivity contribution is 5.15. The predicted molar refractivity (Wildman–Crippen MR) is 85.9 cm³/mol. The van der Waals surface area contributed by atoms with Crippen molar-refractivity contribution in [3.05, 3.63) is 35.9 Å². The molecule has 20 heavy (non-hydrogen) atoms. The van der Waals surface area contributed by atoms with Crippen molar-refractivity contribution in [2.24, 2.45) is 5.41 Å². The van der Waals surface area contributed by atoms with Gasteiger partial charge in [0, 0.05) is 6.04 Å². The SMILES string of the molecule is C[C@H](Cc1ccccc1)N1CCC2(CCCCC2)CC1. The van der Waals surface area contributed by atoms with Crippen LogP contribution in [-0.2, 0) is 6.42 Å². The van der Waals surface area contributed by atoms with Gasteiger partial charge in [0.2, 0.25) is 0 Å². The minimum Gasteiger partial charge on any atom is -0.300 e. The van der Waals surface area contributed by atoms with Gasteiger partial charge in [0.15, 0.2) is 0 Å². The largest absolute Gasteiger partial charge is 0.300 e. The first kappa shape index (κ1) is 14.1. The molecule has 1 nitrogen and oxygen atoms in total. The number of piperidine rings is 1. The van der Waals surface area contributed by atoms with Crippen LogP contribution in [0.2, 0.25) is 0 Å². The summed E-state index contributed by atoms with van der Waals surface area (Å²) in [5, 5.41) is 0. The molecule has 1 atom stereocenters. The Hall–Kier alpha value is -0.820. The van der Waals surface area contributed by atoms with E-state index in [1.807, 2.05) is 0 Å². The van der Waals surface area contributed by atoms with E-state index < -0.39 is 0 Å². The molecule has 0 amide bonds. The number of hydrogen-bond acceptors (Lipinski definition) is 1. The van der Waals surface area contributed by atoms with Gasteiger partial charge in [-0.1, -0.05) is 49.6 Å². The highest BCUT2D eigenvalue weighted by Crippen LogP contribution is 2.44. The van der Waals surface area contributed by atoms with Crippen molar-refractivity contribution in [3.8, 4) is 0 Å². The quantitative estimate of drug-likeness (QED) is 0.772. The lowest BCUT2D eigenvalue weighted by atomic mass is 9.68. The van der Waals surface area contributed by atoms with Crippen molar-refractivity contribution in [2.45, 2.75) is 64.3 Å². The van der Waals surface area contributed by atoms with E-state index in [9.17, 15) is 0 Å². The van der Waals surface area contributed by atoms with Crippen molar-refractivity contribution in [3.63, 3.8) is 0 Å². The Bertz CT molecular complexity index is 395. The number of rotatable bonds is 3. The number of likely N-dealkylation sites (tertiary alicyclic amines) is 1. The molecule has 1 aliphatic heterocycles. The first-order valence-corrected chi connectivity index (χ1v) is 8.55. The molecule has 0 aromatic heterocycles. The van der Waals surface area contributed by atoms with Gasteiger partial charge in [-0.2, -0.15) is 0 Å². The third kappa shape index (κ3) is 3.25. The lowest BCUT2D eigenvalue weighted by Gasteiger charge is -2.46. The lowest BCUT2D eigenvalue weighted by molar-refractivity contribution is 0.0491. The van der Waals surface area contributed by atoms with Crippen molar-refractivity contribution in [1.29, 1.82) is 0 Å². The molecule has 0 unspecified atom stereocenters. The van der Waals surface area contributed by atoms with Gasteiger partial charge in [-0.25, -0.2) is 0 Å². The molecule has 1 heterocycles. The summed E-state index contributed by atoms with van der Waals surface area (Å²) in [6, 6.07) is 11.7. The molecular formula is C19H29N. The Morgan fingerprint density at radius 3 is 2.25 bits per heavy atom. The average Bonchev–Trinajstić information content (AvgIpc) is 2.50. The monoisotopic (exact) mass is 271 g/mol. The maximum atomic E-state index is 2.73. The van der Waals surface area contributed by atoms with Crippen molar-refractivity contribution >= 4 is 0 Å². The third-order valence-electron chi connectivity index (χ3n) is 5.77. The van der Waals surface area contributed by atoms with Gasteiger partial charge in [0.1, 0.15) is 0 Å². The molecule has 1 aliphatic carbocycles. The molecule has 0 bridgehead atoms. The van der Waals surface area contributed by atoms with Gasteiger partial charge < -0.3 is 4.90 Å². The second kappa shape index (κ2) is 6.30. The van der Waals surface area contributed by atoms with Gasteiger partial charge in [-0.3, -0.25) is 0 Å². The maximum absolute atomic E-state index is 2.73. The van der Waals surface area contributed by atoms with E-state index in [1.54, 1.807) is 0 Å². The Morgan fingerprint density at radius 1 is 0.950 bits per heavy atom. The molecule has 1 aromatic carbocycles. The van der Waals surface area contributed by atoms with E-state index in [-0.39, 0.29) is 0 Å². The molecular weight excluding hydrogens is 242 g/mol. The fourth-order valence-electron chi connectivity index (χ4n) is 4.33. The van der Waals surface area contributed by atoms with E-state index >= 15 is 0 Å². The first-order chi connectivity index (χ1) is 9.77. The molecule has 0 N–H and O–H groups in total. The van der Waals surface area contributed by atoms with Crippen LogP contribution in [0, 0.1) is 5.41 Å².